The van der Waals surface area contributed by atoms with Crippen molar-refractivity contribution >= 4 is 5.91 Å². The number of benzene rings is 1. The molecule has 1 amide bonds. The predicted molar refractivity (Wildman–Crippen MR) is 85.7 cm³/mol. The Hall–Kier alpha value is -1.59. The Balaban J connectivity index is 1.66. The third-order valence-electron chi connectivity index (χ3n) is 4.18. The molecule has 0 aromatic heterocycles. The third-order valence-corrected chi connectivity index (χ3v) is 4.18. The van der Waals surface area contributed by atoms with Crippen molar-refractivity contribution in [1.29, 1.82) is 0 Å². The maximum atomic E-state index is 11.8. The standard InChI is InChI=1S/C17H26N2O3/c1-13-6-8-19(9-7-13)12-16(21)11-18-17(22)10-14-2-4-15(20)5-3-14/h2-5,13,16,20-21H,6-12H2,1H3,(H,18,22). The lowest BCUT2D eigenvalue weighted by atomic mass is 9.99. The molecule has 122 valence electrons. The van der Waals surface area contributed by atoms with Crippen LogP contribution >= 0.6 is 0 Å². The zero-order chi connectivity index (χ0) is 15.9. The van der Waals surface area contributed by atoms with E-state index in [0.717, 1.165) is 24.6 Å². The van der Waals surface area contributed by atoms with Crippen LogP contribution in [-0.4, -0.2) is 53.3 Å². The molecule has 1 aromatic carbocycles. The van der Waals surface area contributed by atoms with Gasteiger partial charge in [-0.05, 0) is 49.5 Å². The Morgan fingerprint density at radius 3 is 2.59 bits per heavy atom. The molecule has 1 saturated heterocycles. The fourth-order valence-electron chi connectivity index (χ4n) is 2.70. The molecule has 22 heavy (non-hydrogen) atoms. The van der Waals surface area contributed by atoms with Crippen LogP contribution in [0.5, 0.6) is 5.75 Å². The number of nitrogens with one attached hydrogen (secondary N) is 1. The maximum Gasteiger partial charge on any atom is 0.224 e. The van der Waals surface area contributed by atoms with Crippen LogP contribution in [-0.2, 0) is 11.2 Å². The molecule has 1 atom stereocenters. The van der Waals surface area contributed by atoms with Crippen LogP contribution < -0.4 is 5.32 Å². The zero-order valence-corrected chi connectivity index (χ0v) is 13.2. The number of aromatic hydroxyl groups is 1. The monoisotopic (exact) mass is 306 g/mol. The SMILES string of the molecule is CC1CCN(CC(O)CNC(=O)Cc2ccc(O)cc2)CC1. The van der Waals surface area contributed by atoms with Crippen LogP contribution in [0.1, 0.15) is 25.3 Å². The van der Waals surface area contributed by atoms with Crippen LogP contribution in [0.25, 0.3) is 0 Å². The summed E-state index contributed by atoms with van der Waals surface area (Å²) in [6.45, 7) is 5.21. The molecule has 0 spiro atoms. The summed E-state index contributed by atoms with van der Waals surface area (Å²) in [6.07, 6.45) is 2.09. The van der Waals surface area contributed by atoms with E-state index in [9.17, 15) is 15.0 Å². The molecular weight excluding hydrogens is 280 g/mol. The van der Waals surface area contributed by atoms with E-state index < -0.39 is 6.10 Å². The summed E-state index contributed by atoms with van der Waals surface area (Å²) in [5, 5.41) is 22.0. The topological polar surface area (TPSA) is 72.8 Å². The summed E-state index contributed by atoms with van der Waals surface area (Å²) in [6, 6.07) is 6.57. The first-order chi connectivity index (χ1) is 10.5. The number of phenols is 1. The third kappa shape index (κ3) is 5.66. The Morgan fingerprint density at radius 2 is 1.95 bits per heavy atom. The Labute approximate surface area is 131 Å². The molecular formula is C17H26N2O3. The molecule has 1 aliphatic heterocycles. The lowest BCUT2D eigenvalue weighted by molar-refractivity contribution is -0.121. The summed E-state index contributed by atoms with van der Waals surface area (Å²) < 4.78 is 0. The van der Waals surface area contributed by atoms with E-state index in [1.54, 1.807) is 24.3 Å². The minimum atomic E-state index is -0.530. The number of aliphatic hydroxyl groups excluding tert-OH is 1. The summed E-state index contributed by atoms with van der Waals surface area (Å²) in [5.41, 5.74) is 0.842. The average molecular weight is 306 g/mol. The van der Waals surface area contributed by atoms with Crippen LogP contribution in [0.3, 0.4) is 0 Å². The smallest absolute Gasteiger partial charge is 0.224 e. The van der Waals surface area contributed by atoms with E-state index in [0.29, 0.717) is 6.54 Å². The van der Waals surface area contributed by atoms with E-state index in [-0.39, 0.29) is 24.6 Å². The van der Waals surface area contributed by atoms with Crippen molar-refractivity contribution in [2.75, 3.05) is 26.2 Å². The summed E-state index contributed by atoms with van der Waals surface area (Å²) in [7, 11) is 0. The van der Waals surface area contributed by atoms with Gasteiger partial charge in [0.05, 0.1) is 12.5 Å². The Bertz CT molecular complexity index is 467. The predicted octanol–water partition coefficient (Wildman–Crippen LogP) is 1.14. The van der Waals surface area contributed by atoms with E-state index in [1.165, 1.54) is 12.8 Å². The van der Waals surface area contributed by atoms with Crippen molar-refractivity contribution in [3.8, 4) is 5.75 Å². The van der Waals surface area contributed by atoms with Gasteiger partial charge in [-0.3, -0.25) is 4.79 Å². The van der Waals surface area contributed by atoms with Gasteiger partial charge in [0.15, 0.2) is 0 Å². The summed E-state index contributed by atoms with van der Waals surface area (Å²) >= 11 is 0. The zero-order valence-electron chi connectivity index (χ0n) is 13.2. The van der Waals surface area contributed by atoms with Gasteiger partial charge in [0.1, 0.15) is 5.75 Å². The van der Waals surface area contributed by atoms with Crippen LogP contribution in [0.4, 0.5) is 0 Å². The highest BCUT2D eigenvalue weighted by Crippen LogP contribution is 2.15. The van der Waals surface area contributed by atoms with Gasteiger partial charge in [0.2, 0.25) is 5.91 Å². The summed E-state index contributed by atoms with van der Waals surface area (Å²) in [5.74, 6) is 0.853. The number of amides is 1. The number of rotatable bonds is 6. The largest absolute Gasteiger partial charge is 0.508 e. The highest BCUT2D eigenvalue weighted by Gasteiger charge is 2.18. The van der Waals surface area contributed by atoms with Crippen LogP contribution in [0.2, 0.25) is 0 Å². The van der Waals surface area contributed by atoms with Gasteiger partial charge in [-0.25, -0.2) is 0 Å². The Kier molecular flexibility index (Phi) is 6.21. The fraction of sp³-hybridized carbons (Fsp3) is 0.588. The number of carbonyl (C=O) groups is 1. The van der Waals surface area contributed by atoms with Gasteiger partial charge in [0.25, 0.3) is 0 Å². The van der Waals surface area contributed by atoms with Gasteiger partial charge < -0.3 is 20.4 Å². The molecule has 0 aliphatic carbocycles. The second-order valence-corrected chi connectivity index (χ2v) is 6.28. The number of hydrogen-bond donors (Lipinski definition) is 3. The van der Waals surface area contributed by atoms with E-state index in [2.05, 4.69) is 17.1 Å². The number of β-amino-alcohol motifs (C(OH)–C–C–N with tert-alkyl or cyclic N) is 1. The molecule has 1 aromatic rings. The molecule has 1 fully saturated rings. The second-order valence-electron chi connectivity index (χ2n) is 6.28. The number of carbonyl (C=O) groups excluding carboxylic acids is 1. The first kappa shape index (κ1) is 16.8. The number of nitrogens with zero attached hydrogens (tertiary/aromatic N) is 1. The number of phenolic OH excluding ortho intramolecular Hbond substituents is 1. The van der Waals surface area contributed by atoms with Crippen molar-refractivity contribution in [3.63, 3.8) is 0 Å². The van der Waals surface area contributed by atoms with Gasteiger partial charge in [0, 0.05) is 13.1 Å². The van der Waals surface area contributed by atoms with Crippen LogP contribution in [0.15, 0.2) is 24.3 Å². The minimum absolute atomic E-state index is 0.114. The lowest BCUT2D eigenvalue weighted by Gasteiger charge is -2.31. The first-order valence-electron chi connectivity index (χ1n) is 7.98. The molecule has 0 bridgehead atoms. The van der Waals surface area contributed by atoms with Gasteiger partial charge in [-0.15, -0.1) is 0 Å². The number of likely N-dealkylation sites (tertiary alicyclic amines) is 1. The minimum Gasteiger partial charge on any atom is -0.508 e. The molecule has 2 rings (SSSR count). The maximum absolute atomic E-state index is 11.8. The lowest BCUT2D eigenvalue weighted by Crippen LogP contribution is -2.43. The molecule has 1 heterocycles. The molecule has 3 N–H and O–H groups in total. The van der Waals surface area contributed by atoms with E-state index in [1.807, 2.05) is 0 Å². The number of piperidine rings is 1. The van der Waals surface area contributed by atoms with Gasteiger partial charge in [-0.1, -0.05) is 19.1 Å². The van der Waals surface area contributed by atoms with E-state index >= 15 is 0 Å². The second kappa shape index (κ2) is 8.15. The normalized spacial score (nSPS) is 18.1. The highest BCUT2D eigenvalue weighted by molar-refractivity contribution is 5.78. The van der Waals surface area contributed by atoms with Crippen molar-refractivity contribution in [1.82, 2.24) is 10.2 Å². The molecule has 5 heteroatoms. The molecule has 0 saturated carbocycles. The van der Waals surface area contributed by atoms with Crippen molar-refractivity contribution < 1.29 is 15.0 Å². The molecule has 1 aliphatic rings. The first-order valence-corrected chi connectivity index (χ1v) is 7.98. The summed E-state index contributed by atoms with van der Waals surface area (Å²) in [4.78, 5) is 14.1. The van der Waals surface area contributed by atoms with Crippen molar-refractivity contribution in [3.05, 3.63) is 29.8 Å². The molecule has 0 radical (unpaired) electrons. The average Bonchev–Trinajstić information content (AvgIpc) is 2.50. The van der Waals surface area contributed by atoms with Gasteiger partial charge in [-0.2, -0.15) is 0 Å². The van der Waals surface area contributed by atoms with Gasteiger partial charge >= 0.3 is 0 Å². The highest BCUT2D eigenvalue weighted by atomic mass is 16.3. The molecule has 5 nitrogen and oxygen atoms in total. The van der Waals surface area contributed by atoms with Crippen molar-refractivity contribution in [2.45, 2.75) is 32.3 Å². The fourth-order valence-corrected chi connectivity index (χ4v) is 2.70. The van der Waals surface area contributed by atoms with Crippen molar-refractivity contribution in [2.24, 2.45) is 5.92 Å². The van der Waals surface area contributed by atoms with E-state index in [4.69, 9.17) is 0 Å². The number of hydrogen-bond acceptors (Lipinski definition) is 4. The Morgan fingerprint density at radius 1 is 1.32 bits per heavy atom. The van der Waals surface area contributed by atoms with Crippen LogP contribution in [0, 0.1) is 5.92 Å². The quantitative estimate of drug-likeness (QED) is 0.737. The number of aliphatic hydroxyl groups is 1. The molecule has 1 unspecified atom stereocenters.